The molecule has 1 aliphatic heterocycles. The third-order valence-electron chi connectivity index (χ3n) is 5.08. The Morgan fingerprint density at radius 3 is 2.39 bits per heavy atom. The molecule has 0 saturated heterocycles. The Balaban J connectivity index is 1.56. The van der Waals surface area contributed by atoms with Crippen LogP contribution in [0, 0.1) is 0 Å². The number of benzene rings is 3. The van der Waals surface area contributed by atoms with Gasteiger partial charge in [-0.05, 0) is 48.0 Å². The molecule has 3 aromatic carbocycles. The Labute approximate surface area is 188 Å². The zero-order valence-electron chi connectivity index (χ0n) is 17.4. The van der Waals surface area contributed by atoms with Crippen LogP contribution in [0.4, 0.5) is 5.69 Å². The van der Waals surface area contributed by atoms with Gasteiger partial charge >= 0.3 is 0 Å². The number of nitrogens with one attached hydrogen (secondary N) is 2. The molecule has 1 heterocycles. The molecule has 0 fully saturated rings. The minimum Gasteiger partial charge on any atom is -0.362 e. The second-order valence-corrected chi connectivity index (χ2v) is 7.62. The van der Waals surface area contributed by atoms with Gasteiger partial charge in [-0.15, -0.1) is 0 Å². The minimum atomic E-state index is 0.162. The smallest absolute Gasteiger partial charge is 0.186 e. The Kier molecular flexibility index (Phi) is 6.69. The number of nitrogens with zero attached hydrogens (tertiary/aromatic N) is 3. The molecule has 5 nitrogen and oxygen atoms in total. The van der Waals surface area contributed by atoms with Gasteiger partial charge in [-0.25, -0.2) is 0 Å². The standard InChI is InChI=1S/C25H25N5S/c1-2-26-25(31)28-27-18-19-13-15-22(16-14-19)30-24(21-11-7-4-8-12-21)17-23(29-30)20-9-5-3-6-10-20/h3-16,18,24H,2,17H2,1H3,(H2,26,28,31)/b27-18-/t24-/m0/s1. The highest BCUT2D eigenvalue weighted by Crippen LogP contribution is 2.36. The van der Waals surface area contributed by atoms with Gasteiger partial charge in [0.15, 0.2) is 5.11 Å². The number of hydrogen-bond acceptors (Lipinski definition) is 4. The van der Waals surface area contributed by atoms with E-state index >= 15 is 0 Å². The molecule has 1 atom stereocenters. The predicted molar refractivity (Wildman–Crippen MR) is 133 cm³/mol. The molecule has 0 radical (unpaired) electrons. The van der Waals surface area contributed by atoms with E-state index in [-0.39, 0.29) is 6.04 Å². The molecule has 0 unspecified atom stereocenters. The van der Waals surface area contributed by atoms with Crippen molar-refractivity contribution in [2.75, 3.05) is 11.6 Å². The summed E-state index contributed by atoms with van der Waals surface area (Å²) in [6, 6.07) is 29.3. The maximum atomic E-state index is 5.12. The highest BCUT2D eigenvalue weighted by molar-refractivity contribution is 7.80. The van der Waals surface area contributed by atoms with E-state index in [0.717, 1.165) is 35.5 Å². The quantitative estimate of drug-likeness (QED) is 0.335. The number of rotatable bonds is 6. The van der Waals surface area contributed by atoms with E-state index in [0.29, 0.717) is 5.11 Å². The first-order valence-electron chi connectivity index (χ1n) is 10.4. The predicted octanol–water partition coefficient (Wildman–Crippen LogP) is 4.86. The van der Waals surface area contributed by atoms with Crippen molar-refractivity contribution in [1.29, 1.82) is 0 Å². The maximum Gasteiger partial charge on any atom is 0.186 e. The Hall–Kier alpha value is -3.51. The Morgan fingerprint density at radius 1 is 1.03 bits per heavy atom. The van der Waals surface area contributed by atoms with Crippen LogP contribution in [-0.4, -0.2) is 23.6 Å². The van der Waals surface area contributed by atoms with Crippen molar-refractivity contribution >= 4 is 34.9 Å². The molecule has 4 rings (SSSR count). The van der Waals surface area contributed by atoms with Crippen LogP contribution >= 0.6 is 12.2 Å². The molecule has 0 bridgehead atoms. The summed E-state index contributed by atoms with van der Waals surface area (Å²) in [7, 11) is 0. The van der Waals surface area contributed by atoms with Gasteiger partial charge in [0, 0.05) is 13.0 Å². The average Bonchev–Trinajstić information content (AvgIpc) is 3.26. The Morgan fingerprint density at radius 2 is 1.71 bits per heavy atom. The summed E-state index contributed by atoms with van der Waals surface area (Å²) in [5.74, 6) is 0. The van der Waals surface area contributed by atoms with Gasteiger partial charge < -0.3 is 5.32 Å². The van der Waals surface area contributed by atoms with E-state index < -0.39 is 0 Å². The summed E-state index contributed by atoms with van der Waals surface area (Å²) in [6.07, 6.45) is 2.62. The lowest BCUT2D eigenvalue weighted by Gasteiger charge is -2.24. The molecule has 31 heavy (non-hydrogen) atoms. The lowest BCUT2D eigenvalue weighted by Crippen LogP contribution is -2.31. The molecule has 0 aromatic heterocycles. The van der Waals surface area contributed by atoms with Crippen molar-refractivity contribution in [3.8, 4) is 0 Å². The van der Waals surface area contributed by atoms with Crippen LogP contribution in [0.1, 0.15) is 36.1 Å². The third kappa shape index (κ3) is 5.16. The first kappa shape index (κ1) is 20.8. The summed E-state index contributed by atoms with van der Waals surface area (Å²) >= 11 is 5.12. The monoisotopic (exact) mass is 427 g/mol. The van der Waals surface area contributed by atoms with Crippen molar-refractivity contribution in [1.82, 2.24) is 10.7 Å². The fourth-order valence-electron chi connectivity index (χ4n) is 3.57. The fraction of sp³-hybridized carbons (Fsp3) is 0.160. The highest BCUT2D eigenvalue weighted by Gasteiger charge is 2.29. The second kappa shape index (κ2) is 10.00. The lowest BCUT2D eigenvalue weighted by molar-refractivity contribution is 0.709. The molecule has 156 valence electrons. The first-order valence-corrected chi connectivity index (χ1v) is 10.8. The summed E-state index contributed by atoms with van der Waals surface area (Å²) in [4.78, 5) is 0. The highest BCUT2D eigenvalue weighted by atomic mass is 32.1. The van der Waals surface area contributed by atoms with Crippen LogP contribution in [0.2, 0.25) is 0 Å². The van der Waals surface area contributed by atoms with Crippen LogP contribution in [-0.2, 0) is 0 Å². The summed E-state index contributed by atoms with van der Waals surface area (Å²) in [5.41, 5.74) is 8.36. The zero-order chi connectivity index (χ0) is 21.5. The molecular formula is C25H25N5S. The van der Waals surface area contributed by atoms with Crippen LogP contribution in [0.5, 0.6) is 0 Å². The van der Waals surface area contributed by atoms with E-state index in [1.165, 1.54) is 5.56 Å². The third-order valence-corrected chi connectivity index (χ3v) is 5.31. The van der Waals surface area contributed by atoms with Crippen LogP contribution in [0.25, 0.3) is 0 Å². The SMILES string of the molecule is CCNC(=S)N/N=C\c1ccc(N2N=C(c3ccccc3)C[C@H]2c2ccccc2)cc1. The Bertz CT molecular complexity index is 1060. The minimum absolute atomic E-state index is 0.162. The molecule has 0 saturated carbocycles. The van der Waals surface area contributed by atoms with Crippen molar-refractivity contribution in [3.05, 3.63) is 102 Å². The molecule has 0 aliphatic carbocycles. The fourth-order valence-corrected chi connectivity index (χ4v) is 3.76. The largest absolute Gasteiger partial charge is 0.362 e. The van der Waals surface area contributed by atoms with E-state index in [4.69, 9.17) is 17.3 Å². The van der Waals surface area contributed by atoms with Gasteiger partial charge in [0.2, 0.25) is 0 Å². The van der Waals surface area contributed by atoms with Crippen LogP contribution in [0.3, 0.4) is 0 Å². The molecular weight excluding hydrogens is 402 g/mol. The van der Waals surface area contributed by atoms with Gasteiger partial charge in [-0.1, -0.05) is 72.8 Å². The summed E-state index contributed by atoms with van der Waals surface area (Å²) < 4.78 is 0. The number of hydrazone groups is 2. The van der Waals surface area contributed by atoms with E-state index in [2.05, 4.69) is 81.5 Å². The summed E-state index contributed by atoms with van der Waals surface area (Å²) in [6.45, 7) is 2.75. The first-order chi connectivity index (χ1) is 15.2. The molecule has 1 aliphatic rings. The molecule has 3 aromatic rings. The normalized spacial score (nSPS) is 15.7. The van der Waals surface area contributed by atoms with E-state index in [1.54, 1.807) is 6.21 Å². The van der Waals surface area contributed by atoms with Crippen molar-refractivity contribution in [2.45, 2.75) is 19.4 Å². The molecule has 0 spiro atoms. The molecule has 2 N–H and O–H groups in total. The zero-order valence-corrected chi connectivity index (χ0v) is 18.2. The van der Waals surface area contributed by atoms with Crippen LogP contribution < -0.4 is 15.8 Å². The van der Waals surface area contributed by atoms with Crippen LogP contribution in [0.15, 0.2) is 95.1 Å². The van der Waals surface area contributed by atoms with Gasteiger partial charge in [-0.2, -0.15) is 10.2 Å². The van der Waals surface area contributed by atoms with Crippen molar-refractivity contribution < 1.29 is 0 Å². The van der Waals surface area contributed by atoms with Gasteiger partial charge in [-0.3, -0.25) is 10.4 Å². The second-order valence-electron chi connectivity index (χ2n) is 7.21. The van der Waals surface area contributed by atoms with Crippen molar-refractivity contribution in [2.24, 2.45) is 10.2 Å². The van der Waals surface area contributed by atoms with Gasteiger partial charge in [0.25, 0.3) is 0 Å². The maximum absolute atomic E-state index is 5.12. The number of hydrogen-bond donors (Lipinski definition) is 2. The van der Waals surface area contributed by atoms with Gasteiger partial charge in [0.05, 0.1) is 23.7 Å². The topological polar surface area (TPSA) is 52.0 Å². The molecule has 6 heteroatoms. The van der Waals surface area contributed by atoms with Gasteiger partial charge in [0.1, 0.15) is 0 Å². The lowest BCUT2D eigenvalue weighted by atomic mass is 9.98. The van der Waals surface area contributed by atoms with E-state index in [9.17, 15) is 0 Å². The van der Waals surface area contributed by atoms with E-state index in [1.807, 2.05) is 31.2 Å². The van der Waals surface area contributed by atoms with Crippen molar-refractivity contribution in [3.63, 3.8) is 0 Å². The summed E-state index contributed by atoms with van der Waals surface area (Å²) in [5, 5.41) is 14.8. The number of anilines is 1. The average molecular weight is 428 g/mol. The molecule has 0 amide bonds. The number of thiocarbonyl (C=S) groups is 1.